The van der Waals surface area contributed by atoms with Crippen molar-refractivity contribution in [1.29, 1.82) is 0 Å². The number of hydrogen-bond donors (Lipinski definition) is 1. The normalized spacial score (nSPS) is 21.7. The Kier molecular flexibility index (Phi) is 4.07. The molecule has 1 heterocycles. The molecule has 1 aromatic carbocycles. The van der Waals surface area contributed by atoms with Crippen molar-refractivity contribution >= 4 is 0 Å². The highest BCUT2D eigenvalue weighted by Gasteiger charge is 2.16. The molecule has 1 fully saturated rings. The lowest BCUT2D eigenvalue weighted by Crippen LogP contribution is -2.49. The Bertz CT molecular complexity index is 382. The maximum atomic E-state index is 13.4. The number of aryl methyl sites for hydroxylation is 1. The van der Waals surface area contributed by atoms with Crippen LogP contribution in [-0.4, -0.2) is 37.6 Å². The minimum atomic E-state index is -0.512. The number of hydrogen-bond acceptors (Lipinski definition) is 2. The van der Waals surface area contributed by atoms with E-state index in [2.05, 4.69) is 17.3 Å². The number of benzene rings is 1. The Morgan fingerprint density at radius 1 is 1.41 bits per heavy atom. The lowest BCUT2D eigenvalue weighted by Gasteiger charge is -2.30. The summed E-state index contributed by atoms with van der Waals surface area (Å²) in [5, 5.41) is 3.41. The van der Waals surface area contributed by atoms with E-state index >= 15 is 0 Å². The van der Waals surface area contributed by atoms with Crippen LogP contribution in [0.2, 0.25) is 0 Å². The van der Waals surface area contributed by atoms with Crippen molar-refractivity contribution in [3.63, 3.8) is 0 Å². The second-order valence-corrected chi connectivity index (χ2v) is 4.69. The fourth-order valence-electron chi connectivity index (χ4n) is 2.24. The van der Waals surface area contributed by atoms with Crippen molar-refractivity contribution in [3.05, 3.63) is 35.4 Å². The maximum Gasteiger partial charge on any atom is 0.129 e. The minimum absolute atomic E-state index is 0.401. The van der Waals surface area contributed by atoms with Gasteiger partial charge in [-0.05, 0) is 31.5 Å². The third-order valence-corrected chi connectivity index (χ3v) is 3.24. The van der Waals surface area contributed by atoms with E-state index in [4.69, 9.17) is 0 Å². The van der Waals surface area contributed by atoms with Crippen LogP contribution in [0.4, 0.5) is 8.78 Å². The number of piperazine rings is 1. The SMILES string of the molecule is CN1CCNC(CCc2ccc(F)cc2F)C1. The van der Waals surface area contributed by atoms with E-state index in [9.17, 15) is 8.78 Å². The summed E-state index contributed by atoms with van der Waals surface area (Å²) in [6.07, 6.45) is 1.53. The molecule has 0 amide bonds. The van der Waals surface area contributed by atoms with Gasteiger partial charge in [-0.15, -0.1) is 0 Å². The smallest absolute Gasteiger partial charge is 0.129 e. The van der Waals surface area contributed by atoms with Crippen LogP contribution in [0.15, 0.2) is 18.2 Å². The van der Waals surface area contributed by atoms with E-state index in [1.54, 1.807) is 0 Å². The van der Waals surface area contributed by atoms with Gasteiger partial charge >= 0.3 is 0 Å². The number of nitrogens with one attached hydrogen (secondary N) is 1. The molecule has 1 aliphatic heterocycles. The number of halogens is 2. The van der Waals surface area contributed by atoms with Crippen LogP contribution in [0.3, 0.4) is 0 Å². The summed E-state index contributed by atoms with van der Waals surface area (Å²) in [5.41, 5.74) is 0.599. The summed E-state index contributed by atoms with van der Waals surface area (Å²) < 4.78 is 26.1. The predicted octanol–water partition coefficient (Wildman–Crippen LogP) is 1.80. The number of rotatable bonds is 3. The van der Waals surface area contributed by atoms with Gasteiger partial charge in [-0.2, -0.15) is 0 Å². The molecule has 1 unspecified atom stereocenters. The fourth-order valence-corrected chi connectivity index (χ4v) is 2.24. The largest absolute Gasteiger partial charge is 0.311 e. The maximum absolute atomic E-state index is 13.4. The van der Waals surface area contributed by atoms with Gasteiger partial charge in [0.2, 0.25) is 0 Å². The summed E-state index contributed by atoms with van der Waals surface area (Å²) in [7, 11) is 2.09. The molecule has 0 bridgehead atoms. The summed E-state index contributed by atoms with van der Waals surface area (Å²) in [5.74, 6) is -0.948. The Morgan fingerprint density at radius 3 is 2.94 bits per heavy atom. The van der Waals surface area contributed by atoms with Crippen LogP contribution < -0.4 is 5.32 Å². The van der Waals surface area contributed by atoms with Crippen LogP contribution in [0.25, 0.3) is 0 Å². The third kappa shape index (κ3) is 3.48. The Hall–Kier alpha value is -1.00. The Morgan fingerprint density at radius 2 is 2.24 bits per heavy atom. The molecular formula is C13H18F2N2. The first kappa shape index (κ1) is 12.5. The van der Waals surface area contributed by atoms with Gasteiger partial charge in [0.25, 0.3) is 0 Å². The topological polar surface area (TPSA) is 15.3 Å². The van der Waals surface area contributed by atoms with Crippen molar-refractivity contribution in [3.8, 4) is 0 Å². The quantitative estimate of drug-likeness (QED) is 0.866. The van der Waals surface area contributed by atoms with Gasteiger partial charge in [0.05, 0.1) is 0 Å². The summed E-state index contributed by atoms with van der Waals surface area (Å²) in [4.78, 5) is 2.27. The molecule has 0 saturated carbocycles. The lowest BCUT2D eigenvalue weighted by molar-refractivity contribution is 0.232. The van der Waals surface area contributed by atoms with Crippen LogP contribution in [0.1, 0.15) is 12.0 Å². The highest BCUT2D eigenvalue weighted by Crippen LogP contribution is 2.13. The minimum Gasteiger partial charge on any atom is -0.311 e. The van der Waals surface area contributed by atoms with Crippen molar-refractivity contribution in [2.75, 3.05) is 26.7 Å². The molecule has 2 nitrogen and oxygen atoms in total. The van der Waals surface area contributed by atoms with Crippen molar-refractivity contribution in [2.24, 2.45) is 0 Å². The van der Waals surface area contributed by atoms with Gasteiger partial charge in [-0.3, -0.25) is 0 Å². The molecule has 0 spiro atoms. The molecule has 17 heavy (non-hydrogen) atoms. The second kappa shape index (κ2) is 5.56. The molecule has 4 heteroatoms. The average molecular weight is 240 g/mol. The molecule has 1 aliphatic rings. The molecule has 1 atom stereocenters. The lowest BCUT2D eigenvalue weighted by atomic mass is 10.0. The zero-order chi connectivity index (χ0) is 12.3. The zero-order valence-electron chi connectivity index (χ0n) is 10.0. The Labute approximate surface area is 101 Å². The van der Waals surface area contributed by atoms with E-state index in [0.29, 0.717) is 18.0 Å². The fraction of sp³-hybridized carbons (Fsp3) is 0.538. The molecule has 2 rings (SSSR count). The number of nitrogens with zero attached hydrogens (tertiary/aromatic N) is 1. The molecule has 0 radical (unpaired) electrons. The van der Waals surface area contributed by atoms with Crippen molar-refractivity contribution in [2.45, 2.75) is 18.9 Å². The Balaban J connectivity index is 1.88. The zero-order valence-corrected chi connectivity index (χ0v) is 10.0. The molecule has 94 valence electrons. The molecule has 0 aliphatic carbocycles. The predicted molar refractivity (Wildman–Crippen MR) is 64.0 cm³/mol. The van der Waals surface area contributed by atoms with E-state index in [1.807, 2.05) is 0 Å². The highest BCUT2D eigenvalue weighted by atomic mass is 19.1. The second-order valence-electron chi connectivity index (χ2n) is 4.69. The van der Waals surface area contributed by atoms with Crippen LogP contribution in [0, 0.1) is 11.6 Å². The monoisotopic (exact) mass is 240 g/mol. The van der Waals surface area contributed by atoms with Crippen molar-refractivity contribution < 1.29 is 8.78 Å². The van der Waals surface area contributed by atoms with E-state index in [0.717, 1.165) is 32.1 Å². The molecule has 0 aromatic heterocycles. The van der Waals surface area contributed by atoms with Gasteiger partial charge in [-0.25, -0.2) is 8.78 Å². The third-order valence-electron chi connectivity index (χ3n) is 3.24. The molecule has 1 N–H and O–H groups in total. The van der Waals surface area contributed by atoms with Gasteiger partial charge in [0.1, 0.15) is 11.6 Å². The standard InChI is InChI=1S/C13H18F2N2/c1-17-7-6-16-12(9-17)5-3-10-2-4-11(14)8-13(10)15/h2,4,8,12,16H,3,5-7,9H2,1H3. The first-order chi connectivity index (χ1) is 8.15. The highest BCUT2D eigenvalue weighted by molar-refractivity contribution is 5.18. The van der Waals surface area contributed by atoms with E-state index < -0.39 is 11.6 Å². The summed E-state index contributed by atoms with van der Waals surface area (Å²) in [6, 6.07) is 4.21. The van der Waals surface area contributed by atoms with Crippen molar-refractivity contribution in [1.82, 2.24) is 10.2 Å². The first-order valence-electron chi connectivity index (χ1n) is 6.01. The molecule has 1 aromatic rings. The van der Waals surface area contributed by atoms with Gasteiger partial charge in [-0.1, -0.05) is 6.07 Å². The van der Waals surface area contributed by atoms with Crippen LogP contribution >= 0.6 is 0 Å². The molecular weight excluding hydrogens is 222 g/mol. The molecule has 1 saturated heterocycles. The first-order valence-corrected chi connectivity index (χ1v) is 6.01. The van der Waals surface area contributed by atoms with Gasteiger partial charge in [0, 0.05) is 31.7 Å². The van der Waals surface area contributed by atoms with Gasteiger partial charge in [0.15, 0.2) is 0 Å². The van der Waals surface area contributed by atoms with E-state index in [-0.39, 0.29) is 0 Å². The summed E-state index contributed by atoms with van der Waals surface area (Å²) >= 11 is 0. The summed E-state index contributed by atoms with van der Waals surface area (Å²) in [6.45, 7) is 3.03. The number of likely N-dealkylation sites (N-methyl/N-ethyl adjacent to an activating group) is 1. The van der Waals surface area contributed by atoms with Crippen LogP contribution in [0.5, 0.6) is 0 Å². The van der Waals surface area contributed by atoms with Crippen LogP contribution in [-0.2, 0) is 6.42 Å². The van der Waals surface area contributed by atoms with E-state index in [1.165, 1.54) is 12.1 Å². The average Bonchev–Trinajstić information content (AvgIpc) is 2.28. The van der Waals surface area contributed by atoms with Gasteiger partial charge < -0.3 is 10.2 Å².